The van der Waals surface area contributed by atoms with Crippen molar-refractivity contribution >= 4 is 12.2 Å². The van der Waals surface area contributed by atoms with Gasteiger partial charge in [-0.3, -0.25) is 9.50 Å². The van der Waals surface area contributed by atoms with E-state index in [-0.39, 0.29) is 10.6 Å². The Morgan fingerprint density at radius 3 is 2.23 bits per heavy atom. The van der Waals surface area contributed by atoms with E-state index in [0.29, 0.717) is 38.5 Å². The molecule has 0 heterocycles. The van der Waals surface area contributed by atoms with Crippen molar-refractivity contribution < 1.29 is 37.3 Å². The first-order valence-corrected chi connectivity index (χ1v) is 6.41. The second-order valence-corrected chi connectivity index (χ2v) is 4.45. The molecule has 1 unspecified atom stereocenters. The SMILES string of the molecule is CC(C)CC(N)C(=O)NCCCOCCC=O.F.FF.FF. The van der Waals surface area contributed by atoms with Crippen LogP contribution >= 0.6 is 0 Å². The van der Waals surface area contributed by atoms with Crippen LogP contribution in [0, 0.1) is 5.92 Å². The number of aldehydes is 1. The van der Waals surface area contributed by atoms with E-state index in [9.17, 15) is 9.59 Å². The minimum absolute atomic E-state index is 0. The number of nitrogens with one attached hydrogen (secondary N) is 1. The van der Waals surface area contributed by atoms with Gasteiger partial charge in [0.05, 0.1) is 12.6 Å². The van der Waals surface area contributed by atoms with Crippen molar-refractivity contribution in [1.29, 1.82) is 0 Å². The molecule has 0 saturated heterocycles. The van der Waals surface area contributed by atoms with Gasteiger partial charge in [0, 0.05) is 37.9 Å². The molecular formula is C12H25F5N2O3. The van der Waals surface area contributed by atoms with E-state index in [1.54, 1.807) is 0 Å². The van der Waals surface area contributed by atoms with Crippen LogP contribution in [-0.2, 0) is 14.3 Å². The van der Waals surface area contributed by atoms with Crippen LogP contribution in [0.15, 0.2) is 0 Å². The fourth-order valence-corrected chi connectivity index (χ4v) is 1.37. The number of carbonyl (C=O) groups excluding carboxylic acids is 2. The Morgan fingerprint density at radius 1 is 1.23 bits per heavy atom. The Morgan fingerprint density at radius 2 is 1.77 bits per heavy atom. The molecule has 0 bridgehead atoms. The molecule has 0 radical (unpaired) electrons. The summed E-state index contributed by atoms with van der Waals surface area (Å²) in [6.07, 6.45) is 2.68. The summed E-state index contributed by atoms with van der Waals surface area (Å²) < 4.78 is 37.2. The molecule has 10 heteroatoms. The molecule has 0 saturated carbocycles. The minimum Gasteiger partial charge on any atom is -0.381 e. The maximum Gasteiger partial charge on any atom is 0.236 e. The number of nitrogens with two attached hydrogens (primary N) is 1. The predicted octanol–water partition coefficient (Wildman–Crippen LogP) is 2.31. The van der Waals surface area contributed by atoms with Gasteiger partial charge in [-0.15, -0.1) is 0 Å². The molecule has 0 fully saturated rings. The first-order valence-electron chi connectivity index (χ1n) is 6.41. The summed E-state index contributed by atoms with van der Waals surface area (Å²) in [5, 5.41) is 2.77. The van der Waals surface area contributed by atoms with Crippen molar-refractivity contribution in [2.75, 3.05) is 19.8 Å². The quantitative estimate of drug-likeness (QED) is 0.363. The lowest BCUT2D eigenvalue weighted by Crippen LogP contribution is -2.41. The third kappa shape index (κ3) is 23.8. The van der Waals surface area contributed by atoms with E-state index < -0.39 is 6.04 Å². The van der Waals surface area contributed by atoms with Crippen LogP contribution in [0.2, 0.25) is 0 Å². The van der Waals surface area contributed by atoms with Crippen LogP contribution in [0.1, 0.15) is 33.1 Å². The fourth-order valence-electron chi connectivity index (χ4n) is 1.37. The summed E-state index contributed by atoms with van der Waals surface area (Å²) in [6.45, 7) is 5.63. The van der Waals surface area contributed by atoms with E-state index >= 15 is 0 Å². The van der Waals surface area contributed by atoms with Crippen LogP contribution in [-0.4, -0.2) is 38.0 Å². The zero-order chi connectivity index (χ0) is 17.1. The van der Waals surface area contributed by atoms with Crippen molar-refractivity contribution in [1.82, 2.24) is 5.32 Å². The average molecular weight is 340 g/mol. The Labute approximate surface area is 126 Å². The monoisotopic (exact) mass is 340 g/mol. The number of hydrogen-bond donors (Lipinski definition) is 2. The van der Waals surface area contributed by atoms with Crippen molar-refractivity contribution in [2.24, 2.45) is 11.7 Å². The van der Waals surface area contributed by atoms with E-state index in [2.05, 4.69) is 5.32 Å². The molecule has 0 aliphatic rings. The van der Waals surface area contributed by atoms with Crippen LogP contribution in [0.25, 0.3) is 0 Å². The van der Waals surface area contributed by atoms with Crippen molar-refractivity contribution in [3.8, 4) is 0 Å². The number of rotatable bonds is 10. The van der Waals surface area contributed by atoms with E-state index in [1.165, 1.54) is 0 Å². The Bertz CT molecular complexity index is 237. The molecule has 1 atom stereocenters. The molecule has 0 rings (SSSR count). The Balaban J connectivity index is -0.000000297. The van der Waals surface area contributed by atoms with Gasteiger partial charge in [-0.2, -0.15) is 0 Å². The lowest BCUT2D eigenvalue weighted by atomic mass is 10.0. The van der Waals surface area contributed by atoms with Crippen LogP contribution in [0.4, 0.5) is 23.0 Å². The summed E-state index contributed by atoms with van der Waals surface area (Å²) in [4.78, 5) is 21.5. The normalized spacial score (nSPS) is 10.2. The Hall–Kier alpha value is -1.29. The number of ether oxygens (including phenoxy) is 1. The highest BCUT2D eigenvalue weighted by Gasteiger charge is 2.13. The zero-order valence-electron chi connectivity index (χ0n) is 12.7. The van der Waals surface area contributed by atoms with Crippen molar-refractivity contribution in [2.45, 2.75) is 39.2 Å². The molecule has 0 aliphatic carbocycles. The van der Waals surface area contributed by atoms with E-state index in [0.717, 1.165) is 12.7 Å². The maximum absolute atomic E-state index is 11.5. The zero-order valence-corrected chi connectivity index (χ0v) is 12.7. The van der Waals surface area contributed by atoms with Gasteiger partial charge in [-0.25, -0.2) is 0 Å². The lowest BCUT2D eigenvalue weighted by Gasteiger charge is -2.14. The lowest BCUT2D eigenvalue weighted by molar-refractivity contribution is -0.122. The predicted molar refractivity (Wildman–Crippen MR) is 73.5 cm³/mol. The van der Waals surface area contributed by atoms with Crippen LogP contribution in [0.5, 0.6) is 0 Å². The summed E-state index contributed by atoms with van der Waals surface area (Å²) in [6, 6.07) is -0.425. The molecule has 0 aromatic rings. The van der Waals surface area contributed by atoms with Gasteiger partial charge in [-0.1, -0.05) is 13.8 Å². The van der Waals surface area contributed by atoms with Gasteiger partial charge in [0.25, 0.3) is 0 Å². The third-order valence-corrected chi connectivity index (χ3v) is 2.21. The van der Waals surface area contributed by atoms with Gasteiger partial charge in [0.2, 0.25) is 5.91 Å². The molecule has 3 N–H and O–H groups in total. The van der Waals surface area contributed by atoms with Gasteiger partial charge in [-0.05, 0) is 18.8 Å². The maximum atomic E-state index is 11.5. The molecule has 5 nitrogen and oxygen atoms in total. The second kappa shape index (κ2) is 24.7. The summed E-state index contributed by atoms with van der Waals surface area (Å²) >= 11 is 0. The van der Waals surface area contributed by atoms with Gasteiger partial charge < -0.3 is 20.6 Å². The molecule has 0 aromatic heterocycles. The molecular weight excluding hydrogens is 315 g/mol. The minimum atomic E-state index is -0.425. The number of halogens is 5. The van der Waals surface area contributed by atoms with E-state index in [4.69, 9.17) is 28.8 Å². The second-order valence-electron chi connectivity index (χ2n) is 4.45. The highest BCUT2D eigenvalue weighted by molar-refractivity contribution is 5.81. The average Bonchev–Trinajstić information content (AvgIpc) is 2.49. The van der Waals surface area contributed by atoms with Gasteiger partial charge >= 0.3 is 0 Å². The standard InChI is InChI=1S/C12H24N2O3.2F2.FH/c1-10(2)9-11(13)12(16)14-5-3-7-17-8-4-6-15;2*1-2;/h6,10-11H,3-5,7-9,13H2,1-2H3,(H,14,16);;;1H. The van der Waals surface area contributed by atoms with Gasteiger partial charge in [0.15, 0.2) is 0 Å². The molecule has 0 spiro atoms. The summed E-state index contributed by atoms with van der Waals surface area (Å²) in [5.74, 6) is 0.314. The number of carbonyl (C=O) groups is 2. The molecule has 0 aliphatic heterocycles. The third-order valence-electron chi connectivity index (χ3n) is 2.21. The molecule has 0 aromatic carbocycles. The van der Waals surface area contributed by atoms with Crippen LogP contribution in [0.3, 0.4) is 0 Å². The van der Waals surface area contributed by atoms with Gasteiger partial charge in [0.1, 0.15) is 6.29 Å². The molecule has 22 heavy (non-hydrogen) atoms. The smallest absolute Gasteiger partial charge is 0.236 e. The van der Waals surface area contributed by atoms with Crippen LogP contribution < -0.4 is 11.1 Å². The topological polar surface area (TPSA) is 81.4 Å². The summed E-state index contributed by atoms with van der Waals surface area (Å²) in [5.41, 5.74) is 5.72. The number of amides is 1. The Kier molecular flexibility index (Phi) is 32.4. The van der Waals surface area contributed by atoms with Crippen molar-refractivity contribution in [3.05, 3.63) is 0 Å². The highest BCUT2D eigenvalue weighted by Crippen LogP contribution is 2.02. The summed E-state index contributed by atoms with van der Waals surface area (Å²) in [7, 11) is 0. The first kappa shape index (κ1) is 28.8. The highest BCUT2D eigenvalue weighted by atomic mass is 20.0. The number of hydrogen-bond acceptors (Lipinski definition) is 4. The first-order chi connectivity index (χ1) is 10.1. The molecule has 136 valence electrons. The fraction of sp³-hybridized carbons (Fsp3) is 0.833. The molecule has 1 amide bonds. The van der Waals surface area contributed by atoms with Crippen molar-refractivity contribution in [3.63, 3.8) is 0 Å². The largest absolute Gasteiger partial charge is 0.381 e. The van der Waals surface area contributed by atoms with E-state index in [1.807, 2.05) is 13.8 Å².